The maximum Gasteiger partial charge on any atom is 0.326 e. The van der Waals surface area contributed by atoms with Crippen molar-refractivity contribution in [1.29, 1.82) is 0 Å². The van der Waals surface area contributed by atoms with Crippen LogP contribution < -0.4 is 5.32 Å². The second-order valence-electron chi connectivity index (χ2n) is 6.27. The minimum atomic E-state index is -0.961. The second kappa shape index (κ2) is 7.94. The van der Waals surface area contributed by atoms with E-state index in [4.69, 9.17) is 0 Å². The summed E-state index contributed by atoms with van der Waals surface area (Å²) >= 11 is 0. The highest BCUT2D eigenvalue weighted by molar-refractivity contribution is 5.88. The molecule has 1 aliphatic heterocycles. The number of carbonyl (C=O) groups excluding carboxylic acids is 1. The molecule has 1 fully saturated rings. The fourth-order valence-corrected chi connectivity index (χ4v) is 3.24. The molecular formula is C20H22N2O3. The lowest BCUT2D eigenvalue weighted by atomic mass is 9.99. The number of piperazine rings is 1. The molecule has 5 heteroatoms. The number of nitrogens with one attached hydrogen (secondary N) is 1. The monoisotopic (exact) mass is 338 g/mol. The summed E-state index contributed by atoms with van der Waals surface area (Å²) in [5.74, 6) is -1.10. The van der Waals surface area contributed by atoms with Crippen LogP contribution in [0.5, 0.6) is 0 Å². The van der Waals surface area contributed by atoms with Crippen LogP contribution in [0.25, 0.3) is 0 Å². The fraction of sp³-hybridized carbons (Fsp3) is 0.300. The van der Waals surface area contributed by atoms with Gasteiger partial charge in [-0.1, -0.05) is 60.7 Å². The van der Waals surface area contributed by atoms with Crippen molar-refractivity contribution in [2.24, 2.45) is 0 Å². The highest BCUT2D eigenvalue weighted by Crippen LogP contribution is 2.15. The van der Waals surface area contributed by atoms with Crippen molar-refractivity contribution in [3.63, 3.8) is 0 Å². The Balaban J connectivity index is 1.74. The van der Waals surface area contributed by atoms with Gasteiger partial charge >= 0.3 is 5.97 Å². The maximum absolute atomic E-state index is 12.9. The van der Waals surface area contributed by atoms with Gasteiger partial charge in [-0.2, -0.15) is 0 Å². The summed E-state index contributed by atoms with van der Waals surface area (Å²) in [5, 5.41) is 12.9. The molecule has 2 N–H and O–H groups in total. The normalized spacial score (nSPS) is 18.8. The molecule has 0 saturated carbocycles. The molecular weight excluding hydrogens is 316 g/mol. The van der Waals surface area contributed by atoms with Gasteiger partial charge in [0.15, 0.2) is 0 Å². The zero-order chi connectivity index (χ0) is 17.6. The first kappa shape index (κ1) is 17.2. The van der Waals surface area contributed by atoms with Gasteiger partial charge in [-0.15, -0.1) is 0 Å². The van der Waals surface area contributed by atoms with E-state index in [0.29, 0.717) is 25.9 Å². The van der Waals surface area contributed by atoms with Crippen LogP contribution in [0.2, 0.25) is 0 Å². The maximum atomic E-state index is 12.9. The van der Waals surface area contributed by atoms with E-state index in [1.165, 1.54) is 4.90 Å². The van der Waals surface area contributed by atoms with Crippen LogP contribution in [0, 0.1) is 0 Å². The van der Waals surface area contributed by atoms with Crippen molar-refractivity contribution >= 4 is 11.9 Å². The molecule has 0 aliphatic carbocycles. The molecule has 0 unspecified atom stereocenters. The number of carboxylic acids is 1. The van der Waals surface area contributed by atoms with Gasteiger partial charge in [0.25, 0.3) is 0 Å². The van der Waals surface area contributed by atoms with Crippen molar-refractivity contribution in [2.75, 3.05) is 13.1 Å². The Morgan fingerprint density at radius 1 is 1.08 bits per heavy atom. The number of hydrogen-bond acceptors (Lipinski definition) is 3. The Morgan fingerprint density at radius 3 is 2.28 bits per heavy atom. The molecule has 130 valence electrons. The summed E-state index contributed by atoms with van der Waals surface area (Å²) in [5.41, 5.74) is 1.98. The molecule has 2 atom stereocenters. The van der Waals surface area contributed by atoms with Gasteiger partial charge in [-0.25, -0.2) is 4.79 Å². The van der Waals surface area contributed by atoms with Crippen molar-refractivity contribution < 1.29 is 14.7 Å². The largest absolute Gasteiger partial charge is 0.480 e. The van der Waals surface area contributed by atoms with Crippen LogP contribution in [0.15, 0.2) is 60.7 Å². The van der Waals surface area contributed by atoms with Crippen molar-refractivity contribution in [1.82, 2.24) is 10.2 Å². The molecule has 1 heterocycles. The van der Waals surface area contributed by atoms with Gasteiger partial charge in [-0.05, 0) is 17.5 Å². The summed E-state index contributed by atoms with van der Waals surface area (Å²) in [6, 6.07) is 18.0. The Bertz CT molecular complexity index is 718. The molecule has 1 amide bonds. The van der Waals surface area contributed by atoms with Crippen molar-refractivity contribution in [3.8, 4) is 0 Å². The Hall–Kier alpha value is -2.66. The fourth-order valence-electron chi connectivity index (χ4n) is 3.24. The zero-order valence-electron chi connectivity index (χ0n) is 14.0. The van der Waals surface area contributed by atoms with Gasteiger partial charge in [0.1, 0.15) is 6.04 Å². The lowest BCUT2D eigenvalue weighted by molar-refractivity contribution is -0.152. The van der Waals surface area contributed by atoms with Crippen LogP contribution in [-0.4, -0.2) is 47.1 Å². The van der Waals surface area contributed by atoms with Crippen LogP contribution in [-0.2, 0) is 22.4 Å². The third-order valence-corrected chi connectivity index (χ3v) is 4.54. The molecule has 0 spiro atoms. The molecule has 1 saturated heterocycles. The quantitative estimate of drug-likeness (QED) is 0.841. The van der Waals surface area contributed by atoms with Crippen molar-refractivity contribution in [2.45, 2.75) is 24.9 Å². The van der Waals surface area contributed by atoms with Gasteiger partial charge in [0, 0.05) is 19.5 Å². The standard InChI is InChI=1S/C20H22N2O3/c23-19-17(13-15-7-3-1-4-8-15)21-11-12-22(19)18(20(24)25)14-16-9-5-2-6-10-16/h1-10,17-18,21H,11-14H2,(H,24,25)/t17-,18-/m0/s1. The Labute approximate surface area is 147 Å². The number of benzene rings is 2. The molecule has 0 bridgehead atoms. The summed E-state index contributed by atoms with van der Waals surface area (Å²) in [6.07, 6.45) is 0.883. The van der Waals surface area contributed by atoms with Gasteiger partial charge < -0.3 is 15.3 Å². The number of aliphatic carboxylic acids is 1. The summed E-state index contributed by atoms with van der Waals surface area (Å²) in [7, 11) is 0. The first-order valence-electron chi connectivity index (χ1n) is 8.49. The average molecular weight is 338 g/mol. The Morgan fingerprint density at radius 2 is 1.68 bits per heavy atom. The number of nitrogens with zero attached hydrogens (tertiary/aromatic N) is 1. The first-order chi connectivity index (χ1) is 12.1. The molecule has 2 aromatic rings. The summed E-state index contributed by atoms with van der Waals surface area (Å²) in [6.45, 7) is 1.01. The van der Waals surface area contributed by atoms with E-state index in [0.717, 1.165) is 11.1 Å². The number of rotatable bonds is 6. The van der Waals surface area contributed by atoms with Crippen LogP contribution in [0.1, 0.15) is 11.1 Å². The van der Waals surface area contributed by atoms with E-state index in [-0.39, 0.29) is 11.9 Å². The van der Waals surface area contributed by atoms with Gasteiger partial charge in [-0.3, -0.25) is 4.79 Å². The Kier molecular flexibility index (Phi) is 5.46. The van der Waals surface area contributed by atoms with Crippen LogP contribution in [0.4, 0.5) is 0 Å². The summed E-state index contributed by atoms with van der Waals surface area (Å²) < 4.78 is 0. The molecule has 25 heavy (non-hydrogen) atoms. The third kappa shape index (κ3) is 4.25. The molecule has 0 aromatic heterocycles. The van der Waals surface area contributed by atoms with E-state index in [1.54, 1.807) is 0 Å². The van der Waals surface area contributed by atoms with Crippen LogP contribution >= 0.6 is 0 Å². The predicted molar refractivity (Wildman–Crippen MR) is 95.2 cm³/mol. The molecule has 5 nitrogen and oxygen atoms in total. The van der Waals surface area contributed by atoms with Gasteiger partial charge in [0.2, 0.25) is 5.91 Å². The SMILES string of the molecule is O=C(O)[C@H](Cc1ccccc1)N1CCN[C@@H](Cc2ccccc2)C1=O. The smallest absolute Gasteiger partial charge is 0.326 e. The first-order valence-corrected chi connectivity index (χ1v) is 8.49. The number of amides is 1. The number of carbonyl (C=O) groups is 2. The highest BCUT2D eigenvalue weighted by atomic mass is 16.4. The predicted octanol–water partition coefficient (Wildman–Crippen LogP) is 1.73. The number of carboxylic acid groups (broad SMARTS) is 1. The zero-order valence-corrected chi connectivity index (χ0v) is 14.0. The third-order valence-electron chi connectivity index (χ3n) is 4.54. The molecule has 0 radical (unpaired) electrons. The summed E-state index contributed by atoms with van der Waals surface area (Å²) in [4.78, 5) is 26.2. The lowest BCUT2D eigenvalue weighted by Crippen LogP contribution is -2.60. The van der Waals surface area contributed by atoms with E-state index in [9.17, 15) is 14.7 Å². The lowest BCUT2D eigenvalue weighted by Gasteiger charge is -2.37. The minimum Gasteiger partial charge on any atom is -0.480 e. The molecule has 2 aromatic carbocycles. The molecule has 1 aliphatic rings. The van der Waals surface area contributed by atoms with Crippen LogP contribution in [0.3, 0.4) is 0 Å². The molecule has 3 rings (SSSR count). The highest BCUT2D eigenvalue weighted by Gasteiger charge is 2.36. The average Bonchev–Trinajstić information content (AvgIpc) is 2.63. The van der Waals surface area contributed by atoms with E-state index < -0.39 is 12.0 Å². The topological polar surface area (TPSA) is 69.6 Å². The van der Waals surface area contributed by atoms with E-state index in [1.807, 2.05) is 60.7 Å². The number of hydrogen-bond donors (Lipinski definition) is 2. The van der Waals surface area contributed by atoms with E-state index >= 15 is 0 Å². The minimum absolute atomic E-state index is 0.140. The second-order valence-corrected chi connectivity index (χ2v) is 6.27. The van der Waals surface area contributed by atoms with E-state index in [2.05, 4.69) is 5.32 Å². The van der Waals surface area contributed by atoms with Crippen molar-refractivity contribution in [3.05, 3.63) is 71.8 Å². The van der Waals surface area contributed by atoms with Gasteiger partial charge in [0.05, 0.1) is 6.04 Å².